The van der Waals surface area contributed by atoms with E-state index in [1.165, 1.54) is 0 Å². The first kappa shape index (κ1) is 13.9. The van der Waals surface area contributed by atoms with Crippen LogP contribution in [0.5, 0.6) is 0 Å². The van der Waals surface area contributed by atoms with Gasteiger partial charge >= 0.3 is 0 Å². The van der Waals surface area contributed by atoms with Crippen LogP contribution in [0.1, 0.15) is 11.6 Å². The minimum atomic E-state index is -0.376. The van der Waals surface area contributed by atoms with E-state index in [4.69, 9.17) is 0 Å². The summed E-state index contributed by atoms with van der Waals surface area (Å²) in [6.45, 7) is 0. The third kappa shape index (κ3) is 2.61. The molecule has 1 heterocycles. The van der Waals surface area contributed by atoms with E-state index in [0.29, 0.717) is 0 Å². The number of rotatable bonds is 3. The molecule has 0 bridgehead atoms. The van der Waals surface area contributed by atoms with E-state index < -0.39 is 0 Å². The number of amides is 1. The molecule has 0 fully saturated rings. The zero-order chi connectivity index (χ0) is 15.0. The second kappa shape index (κ2) is 5.41. The number of fused-ring (bicyclic) bond motifs is 1. The first-order valence-corrected chi connectivity index (χ1v) is 7.49. The number of carbonyl (C=O) groups is 1. The van der Waals surface area contributed by atoms with E-state index in [2.05, 4.69) is 26.6 Å². The highest BCUT2D eigenvalue weighted by Crippen LogP contribution is 2.36. The van der Waals surface area contributed by atoms with Gasteiger partial charge in [0.1, 0.15) is 6.04 Å². The van der Waals surface area contributed by atoms with Crippen LogP contribution in [0.4, 0.5) is 17.1 Å². The molecule has 2 aromatic carbocycles. The van der Waals surface area contributed by atoms with Crippen LogP contribution in [-0.4, -0.2) is 20.0 Å². The van der Waals surface area contributed by atoms with Gasteiger partial charge in [-0.2, -0.15) is 0 Å². The fraction of sp³-hybridized carbons (Fsp3) is 0.188. The number of anilines is 3. The molecule has 2 aromatic rings. The van der Waals surface area contributed by atoms with Crippen LogP contribution in [-0.2, 0) is 4.79 Å². The lowest BCUT2D eigenvalue weighted by atomic mass is 10.1. The highest BCUT2D eigenvalue weighted by Gasteiger charge is 2.31. The largest absolute Gasteiger partial charge is 0.376 e. The molecule has 1 aliphatic rings. The van der Waals surface area contributed by atoms with Gasteiger partial charge in [0.25, 0.3) is 5.91 Å². The molecule has 4 nitrogen and oxygen atoms in total. The number of nitrogens with zero attached hydrogens (tertiary/aromatic N) is 1. The average molecular weight is 346 g/mol. The Labute approximate surface area is 132 Å². The van der Waals surface area contributed by atoms with Crippen LogP contribution in [0.25, 0.3) is 0 Å². The number of hydrogen-bond acceptors (Lipinski definition) is 3. The van der Waals surface area contributed by atoms with Gasteiger partial charge in [-0.3, -0.25) is 4.79 Å². The summed E-state index contributed by atoms with van der Waals surface area (Å²) in [5, 5.41) is 6.26. The third-order valence-electron chi connectivity index (χ3n) is 3.53. The Morgan fingerprint density at radius 1 is 1.19 bits per heavy atom. The third-order valence-corrected chi connectivity index (χ3v) is 4.02. The van der Waals surface area contributed by atoms with Gasteiger partial charge in [0, 0.05) is 29.8 Å². The number of halogens is 1. The summed E-state index contributed by atoms with van der Waals surface area (Å²) < 4.78 is 0.963. The summed E-state index contributed by atoms with van der Waals surface area (Å²) in [5.74, 6) is -0.0309. The van der Waals surface area contributed by atoms with Gasteiger partial charge in [-0.25, -0.2) is 0 Å². The summed E-state index contributed by atoms with van der Waals surface area (Å²) in [5.41, 5.74) is 3.81. The number of para-hydroxylation sites is 2. The molecule has 1 atom stereocenters. The quantitative estimate of drug-likeness (QED) is 0.892. The van der Waals surface area contributed by atoms with E-state index in [1.54, 1.807) is 0 Å². The standard InChI is InChI=1S/C16H16BrN3O/c1-20(2)14-6-4-3-5-13(14)18-15-11-9-10(17)7-8-12(11)19-16(15)21/h3-9,15,18H,1-2H3,(H,19,21). The van der Waals surface area contributed by atoms with Gasteiger partial charge in [0.15, 0.2) is 0 Å². The molecule has 1 aliphatic heterocycles. The van der Waals surface area contributed by atoms with E-state index in [-0.39, 0.29) is 11.9 Å². The van der Waals surface area contributed by atoms with Crippen molar-refractivity contribution in [3.8, 4) is 0 Å². The van der Waals surface area contributed by atoms with Crippen LogP contribution in [0.15, 0.2) is 46.9 Å². The van der Waals surface area contributed by atoms with Gasteiger partial charge in [-0.05, 0) is 30.3 Å². The number of carbonyl (C=O) groups excluding carboxylic acids is 1. The Balaban J connectivity index is 1.96. The maximum absolute atomic E-state index is 12.2. The smallest absolute Gasteiger partial charge is 0.251 e. The Morgan fingerprint density at radius 3 is 2.71 bits per heavy atom. The summed E-state index contributed by atoms with van der Waals surface area (Å²) in [7, 11) is 3.97. The fourth-order valence-corrected chi connectivity index (χ4v) is 2.90. The van der Waals surface area contributed by atoms with Crippen LogP contribution < -0.4 is 15.5 Å². The monoisotopic (exact) mass is 345 g/mol. The van der Waals surface area contributed by atoms with Gasteiger partial charge in [0.05, 0.1) is 11.4 Å². The van der Waals surface area contributed by atoms with E-state index in [1.807, 2.05) is 61.5 Å². The predicted molar refractivity (Wildman–Crippen MR) is 89.9 cm³/mol. The molecule has 1 unspecified atom stereocenters. The first-order chi connectivity index (χ1) is 10.1. The lowest BCUT2D eigenvalue weighted by Gasteiger charge is -2.21. The van der Waals surface area contributed by atoms with Gasteiger partial charge in [-0.1, -0.05) is 28.1 Å². The molecule has 21 heavy (non-hydrogen) atoms. The summed E-state index contributed by atoms with van der Waals surface area (Å²) in [6.07, 6.45) is 0. The van der Waals surface area contributed by atoms with Crippen molar-refractivity contribution in [3.05, 3.63) is 52.5 Å². The van der Waals surface area contributed by atoms with E-state index in [0.717, 1.165) is 27.1 Å². The second-order valence-corrected chi connectivity index (χ2v) is 6.13. The van der Waals surface area contributed by atoms with Gasteiger partial charge < -0.3 is 15.5 Å². The van der Waals surface area contributed by atoms with Crippen LogP contribution in [0.3, 0.4) is 0 Å². The lowest BCUT2D eigenvalue weighted by molar-refractivity contribution is -0.116. The zero-order valence-electron chi connectivity index (χ0n) is 11.9. The number of benzene rings is 2. The SMILES string of the molecule is CN(C)c1ccccc1NC1C(=O)Nc2ccc(Br)cc21. The van der Waals surface area contributed by atoms with E-state index in [9.17, 15) is 4.79 Å². The van der Waals surface area contributed by atoms with Gasteiger partial charge in [0.2, 0.25) is 0 Å². The molecule has 5 heteroatoms. The molecule has 1 amide bonds. The van der Waals surface area contributed by atoms with Crippen molar-refractivity contribution in [3.63, 3.8) is 0 Å². The van der Waals surface area contributed by atoms with Crippen LogP contribution >= 0.6 is 15.9 Å². The molecule has 0 aliphatic carbocycles. The minimum Gasteiger partial charge on any atom is -0.376 e. The van der Waals surface area contributed by atoms with Crippen molar-refractivity contribution < 1.29 is 4.79 Å². The first-order valence-electron chi connectivity index (χ1n) is 6.69. The minimum absolute atomic E-state index is 0.0309. The Hall–Kier alpha value is -2.01. The molecule has 0 aromatic heterocycles. The number of hydrogen-bond donors (Lipinski definition) is 2. The molecule has 108 valence electrons. The van der Waals surface area contributed by atoms with Crippen molar-refractivity contribution in [2.24, 2.45) is 0 Å². The van der Waals surface area contributed by atoms with Crippen molar-refractivity contribution in [2.75, 3.05) is 29.6 Å². The van der Waals surface area contributed by atoms with Crippen molar-refractivity contribution in [1.82, 2.24) is 0 Å². The molecule has 0 radical (unpaired) electrons. The van der Waals surface area contributed by atoms with Gasteiger partial charge in [-0.15, -0.1) is 0 Å². The molecule has 0 saturated heterocycles. The maximum atomic E-state index is 12.2. The van der Waals surface area contributed by atoms with Crippen LogP contribution in [0.2, 0.25) is 0 Å². The topological polar surface area (TPSA) is 44.4 Å². The highest BCUT2D eigenvalue weighted by atomic mass is 79.9. The predicted octanol–water partition coefficient (Wildman–Crippen LogP) is 3.62. The van der Waals surface area contributed by atoms with Crippen molar-refractivity contribution in [1.29, 1.82) is 0 Å². The fourth-order valence-electron chi connectivity index (χ4n) is 2.52. The summed E-state index contributed by atoms with van der Waals surface area (Å²) in [6, 6.07) is 13.4. The van der Waals surface area contributed by atoms with Crippen molar-refractivity contribution >= 4 is 38.9 Å². The van der Waals surface area contributed by atoms with Crippen molar-refractivity contribution in [2.45, 2.75) is 6.04 Å². The summed E-state index contributed by atoms with van der Waals surface area (Å²) in [4.78, 5) is 14.3. The molecule has 3 rings (SSSR count). The molecule has 0 saturated carbocycles. The molecule has 0 spiro atoms. The molecular weight excluding hydrogens is 330 g/mol. The normalized spacial score (nSPS) is 16.3. The molecular formula is C16H16BrN3O. The zero-order valence-corrected chi connectivity index (χ0v) is 13.4. The number of nitrogens with one attached hydrogen (secondary N) is 2. The van der Waals surface area contributed by atoms with E-state index >= 15 is 0 Å². The second-order valence-electron chi connectivity index (χ2n) is 5.21. The Kier molecular flexibility index (Phi) is 3.59. The Bertz CT molecular complexity index is 700. The average Bonchev–Trinajstić information content (AvgIpc) is 2.75. The highest BCUT2D eigenvalue weighted by molar-refractivity contribution is 9.10. The lowest BCUT2D eigenvalue weighted by Crippen LogP contribution is -2.21. The maximum Gasteiger partial charge on any atom is 0.251 e. The van der Waals surface area contributed by atoms with Crippen LogP contribution in [0, 0.1) is 0 Å². The Morgan fingerprint density at radius 2 is 1.95 bits per heavy atom. The summed E-state index contributed by atoms with van der Waals surface area (Å²) >= 11 is 3.46. The molecule has 2 N–H and O–H groups in total.